The first-order valence-corrected chi connectivity index (χ1v) is 22.9. The van der Waals surface area contributed by atoms with Crippen LogP contribution in [-0.4, -0.2) is 73.4 Å². The van der Waals surface area contributed by atoms with Gasteiger partial charge < -0.3 is 25.1 Å². The van der Waals surface area contributed by atoms with Gasteiger partial charge in [-0.05, 0) is 29.8 Å². The molecule has 0 amide bonds. The quantitative estimate of drug-likeness (QED) is 0.0687. The number of methoxy groups -OCH3 is 2. The lowest BCUT2D eigenvalue weighted by Crippen LogP contribution is -2.20. The first-order valence-electron chi connectivity index (χ1n) is 16.5. The summed E-state index contributed by atoms with van der Waals surface area (Å²) in [7, 11) is -5.49. The Labute approximate surface area is 367 Å². The van der Waals surface area contributed by atoms with Crippen LogP contribution in [0.2, 0.25) is 20.1 Å². The van der Waals surface area contributed by atoms with Crippen LogP contribution in [0.4, 0.5) is 11.6 Å². The Morgan fingerprint density at radius 2 is 1.34 bits per heavy atom. The van der Waals surface area contributed by atoms with Gasteiger partial charge in [0.2, 0.25) is 17.5 Å². The van der Waals surface area contributed by atoms with Crippen molar-refractivity contribution in [2.45, 2.75) is 27.0 Å². The van der Waals surface area contributed by atoms with Gasteiger partial charge in [-0.2, -0.15) is 4.98 Å². The third-order valence-electron chi connectivity index (χ3n) is 7.46. The highest BCUT2D eigenvalue weighted by molar-refractivity contribution is 7.99. The number of rotatable bonds is 16. The minimum absolute atomic E-state index is 0.0273. The molecule has 0 saturated heterocycles. The maximum Gasteiger partial charge on any atom is 0.264 e. The maximum absolute atomic E-state index is 12.7. The Kier molecular flexibility index (Phi) is 16.2. The summed E-state index contributed by atoms with van der Waals surface area (Å²) in [5, 5.41) is 12.9. The molecule has 3 heterocycles. The molecule has 3 aromatic carbocycles. The fourth-order valence-corrected chi connectivity index (χ4v) is 9.66. The van der Waals surface area contributed by atoms with Crippen molar-refractivity contribution in [1.29, 1.82) is 0 Å². The van der Waals surface area contributed by atoms with E-state index in [0.29, 0.717) is 15.8 Å². The van der Waals surface area contributed by atoms with Crippen LogP contribution in [0.15, 0.2) is 106 Å². The second-order valence-corrected chi connectivity index (χ2v) is 18.3. The van der Waals surface area contributed by atoms with Gasteiger partial charge in [0.25, 0.3) is 31.8 Å². The number of thiazole rings is 1. The van der Waals surface area contributed by atoms with E-state index in [1.165, 1.54) is 86.1 Å². The van der Waals surface area contributed by atoms with Gasteiger partial charge in [0.1, 0.15) is 32.5 Å². The van der Waals surface area contributed by atoms with Crippen LogP contribution in [0, 0.1) is 0 Å². The highest BCUT2D eigenvalue weighted by Crippen LogP contribution is 2.34. The average Bonchev–Trinajstić information content (AvgIpc) is 3.78. The van der Waals surface area contributed by atoms with Crippen LogP contribution in [0.5, 0.6) is 17.6 Å². The molecule has 16 nitrogen and oxygen atoms in total. The Hall–Kier alpha value is -4.22. The number of ether oxygens (including phenoxy) is 3. The summed E-state index contributed by atoms with van der Waals surface area (Å²) in [5.74, 6) is 0.0840. The Balaban J connectivity index is 0.000000224. The number of hydrogen-bond acceptors (Lipinski definition) is 16. The fourth-order valence-electron chi connectivity index (χ4n) is 4.63. The summed E-state index contributed by atoms with van der Waals surface area (Å²) >= 11 is 26.4. The second kappa shape index (κ2) is 20.8. The zero-order valence-corrected chi connectivity index (χ0v) is 36.8. The second-order valence-electron chi connectivity index (χ2n) is 11.5. The summed E-state index contributed by atoms with van der Waals surface area (Å²) in [5.41, 5.74) is 7.00. The fraction of sp³-hybridized carbons (Fsp3) is 0.171. The molecule has 0 saturated carbocycles. The molecule has 3 aromatic heterocycles. The lowest BCUT2D eigenvalue weighted by Gasteiger charge is -2.15. The van der Waals surface area contributed by atoms with Crippen LogP contribution in [-0.2, 0) is 20.0 Å². The molecule has 0 spiro atoms. The van der Waals surface area contributed by atoms with E-state index in [9.17, 15) is 21.9 Å². The first-order chi connectivity index (χ1) is 28.1. The van der Waals surface area contributed by atoms with Gasteiger partial charge in [0.05, 0.1) is 52.7 Å². The van der Waals surface area contributed by atoms with Crippen LogP contribution in [0.25, 0.3) is 0 Å². The number of aromatic nitrogens is 5. The van der Waals surface area contributed by atoms with Crippen LogP contribution in [0.3, 0.4) is 0 Å². The molecule has 0 aliphatic heterocycles. The molecule has 0 fully saturated rings. The number of aliphatic hydroxyl groups is 1. The topological polar surface area (TPSA) is 231 Å². The van der Waals surface area contributed by atoms with Gasteiger partial charge in [-0.3, -0.25) is 9.44 Å². The van der Waals surface area contributed by atoms with E-state index in [2.05, 4.69) is 34.4 Å². The maximum atomic E-state index is 12.7. The van der Waals surface area contributed by atoms with Crippen molar-refractivity contribution in [1.82, 2.24) is 24.9 Å². The number of hydrogen-bond donors (Lipinski definition) is 4. The zero-order chi connectivity index (χ0) is 42.7. The van der Waals surface area contributed by atoms with Gasteiger partial charge in [-0.15, -0.1) is 23.1 Å². The lowest BCUT2D eigenvalue weighted by atomic mass is 10.1. The van der Waals surface area contributed by atoms with Gasteiger partial charge in [-0.25, -0.2) is 36.8 Å². The Morgan fingerprint density at radius 3 is 1.88 bits per heavy atom. The molecule has 6 aromatic rings. The number of sulfonamides is 2. The number of anilines is 2. The molecule has 5 N–H and O–H groups in total. The summed E-state index contributed by atoms with van der Waals surface area (Å²) < 4.78 is 71.1. The molecule has 1 unspecified atom stereocenters. The molecule has 59 heavy (non-hydrogen) atoms. The number of aliphatic hydroxyl groups excluding tert-OH is 1. The van der Waals surface area contributed by atoms with Crippen LogP contribution >= 0.6 is 69.5 Å². The molecule has 6 rings (SSSR count). The van der Waals surface area contributed by atoms with Crippen LogP contribution < -0.4 is 29.4 Å². The summed E-state index contributed by atoms with van der Waals surface area (Å²) in [6.07, 6.45) is 3.50. The SMILES string of the molecule is COc1nc(OC[C@H](N)c2ccccc2)cnc1NS(=O)(=O)c1cccc(Cl)c1Cl.COc1nc(SCC(O)c2nccs2)cnc1NS(=O)(=O)c1cccc(Cl)c1Cl. The van der Waals surface area contributed by atoms with Gasteiger partial charge in [0.15, 0.2) is 0 Å². The number of halogens is 4. The molecule has 24 heteroatoms. The van der Waals surface area contributed by atoms with E-state index >= 15 is 0 Å². The van der Waals surface area contributed by atoms with Crippen molar-refractivity contribution in [3.05, 3.63) is 121 Å². The molecule has 2 atom stereocenters. The Bertz CT molecular complexity index is 2580. The molecular formula is C35H32Cl4N8O8S4. The standard InChI is InChI=1S/C19H18Cl2N4O4S.C16H14Cl2N4O4S3/c1-28-19-18(25-30(26,27)15-9-5-8-13(20)17(15)21)23-10-16(24-19)29-11-14(22)12-6-3-2-4-7-12;1-26-15-14(22-29(24,25)11-4-2-3-9(17)13(11)18)20-7-12(21-15)28-8-10(23)16-19-5-6-27-16/h2-10,14H,11,22H2,1H3,(H,23,25);2-7,10,23H,8H2,1H3,(H,20,22)/t14-;/m0./s1. The molecular weight excluding hydrogens is 931 g/mol. The highest BCUT2D eigenvalue weighted by Gasteiger charge is 2.25. The summed E-state index contributed by atoms with van der Waals surface area (Å²) in [6, 6.07) is 17.6. The van der Waals surface area contributed by atoms with Crippen molar-refractivity contribution in [3.8, 4) is 17.6 Å². The highest BCUT2D eigenvalue weighted by atomic mass is 35.5. The minimum Gasteiger partial charge on any atom is -0.478 e. The van der Waals surface area contributed by atoms with Gasteiger partial charge >= 0.3 is 0 Å². The number of nitrogens with two attached hydrogens (primary N) is 1. The number of benzene rings is 3. The van der Waals surface area contributed by atoms with Crippen molar-refractivity contribution in [2.24, 2.45) is 5.73 Å². The van der Waals surface area contributed by atoms with E-state index in [4.69, 9.17) is 66.3 Å². The first kappa shape index (κ1) is 45.9. The third kappa shape index (κ3) is 12.2. The average molecular weight is 963 g/mol. The van der Waals surface area contributed by atoms with Crippen LogP contribution in [0.1, 0.15) is 22.7 Å². The van der Waals surface area contributed by atoms with Crippen molar-refractivity contribution in [3.63, 3.8) is 0 Å². The molecule has 0 aliphatic carbocycles. The van der Waals surface area contributed by atoms with Crippen molar-refractivity contribution >= 4 is 101 Å². The van der Waals surface area contributed by atoms with Gasteiger partial charge in [-0.1, -0.05) is 88.9 Å². The Morgan fingerprint density at radius 1 is 0.780 bits per heavy atom. The molecule has 312 valence electrons. The van der Waals surface area contributed by atoms with Gasteiger partial charge in [0, 0.05) is 17.3 Å². The van der Waals surface area contributed by atoms with E-state index in [1.54, 1.807) is 11.6 Å². The zero-order valence-electron chi connectivity index (χ0n) is 30.5. The smallest absolute Gasteiger partial charge is 0.264 e. The minimum atomic E-state index is -4.08. The lowest BCUT2D eigenvalue weighted by molar-refractivity contribution is 0.203. The van der Waals surface area contributed by atoms with E-state index in [-0.39, 0.29) is 71.8 Å². The van der Waals surface area contributed by atoms with E-state index < -0.39 is 26.2 Å². The molecule has 0 bridgehead atoms. The number of nitrogens with zero attached hydrogens (tertiary/aromatic N) is 5. The molecule has 0 radical (unpaired) electrons. The predicted molar refractivity (Wildman–Crippen MR) is 228 cm³/mol. The van der Waals surface area contributed by atoms with Crippen molar-refractivity contribution in [2.75, 3.05) is 36.0 Å². The van der Waals surface area contributed by atoms with Crippen molar-refractivity contribution < 1.29 is 36.2 Å². The number of thioether (sulfide) groups is 1. The molecule has 0 aliphatic rings. The normalized spacial score (nSPS) is 12.4. The summed E-state index contributed by atoms with van der Waals surface area (Å²) in [4.78, 5) is 20.1. The largest absolute Gasteiger partial charge is 0.478 e. The third-order valence-corrected chi connectivity index (χ3v) is 13.9. The predicted octanol–water partition coefficient (Wildman–Crippen LogP) is 7.55. The summed E-state index contributed by atoms with van der Waals surface area (Å²) in [6.45, 7) is 0.144. The van der Waals surface area contributed by atoms with E-state index in [1.807, 2.05) is 30.3 Å². The number of nitrogens with one attached hydrogen (secondary N) is 2. The monoisotopic (exact) mass is 960 g/mol. The van der Waals surface area contributed by atoms with E-state index in [0.717, 1.165) is 5.56 Å².